The number of ketones is 1. The molecule has 0 atom stereocenters. The fourth-order valence-corrected chi connectivity index (χ4v) is 2.07. The van der Waals surface area contributed by atoms with E-state index in [2.05, 4.69) is 4.98 Å². The number of carbonyl (C=O) groups excluding carboxylic acids is 1. The first kappa shape index (κ1) is 14.3. The lowest BCUT2D eigenvalue weighted by molar-refractivity contribution is 0.0997. The molecule has 2 aromatic rings. The van der Waals surface area contributed by atoms with Gasteiger partial charge in [-0.15, -0.1) is 0 Å². The average Bonchev–Trinajstić information content (AvgIpc) is 2.42. The maximum Gasteiger partial charge on any atom is 0.332 e. The van der Waals surface area contributed by atoms with E-state index in [1.807, 2.05) is 0 Å². The van der Waals surface area contributed by atoms with Gasteiger partial charge in [0.2, 0.25) is 5.43 Å². The number of nitrogen functional groups attached to an aromatic ring is 1. The summed E-state index contributed by atoms with van der Waals surface area (Å²) in [5.41, 5.74) is 2.74. The second-order valence-electron chi connectivity index (χ2n) is 4.43. The molecular formula is C12H11N5O4. The zero-order valence-corrected chi connectivity index (χ0v) is 11.3. The Kier molecular flexibility index (Phi) is 3.23. The summed E-state index contributed by atoms with van der Waals surface area (Å²) in [4.78, 5) is 50.5. The van der Waals surface area contributed by atoms with Crippen molar-refractivity contribution in [2.75, 3.05) is 5.73 Å². The van der Waals surface area contributed by atoms with Crippen molar-refractivity contribution in [3.63, 3.8) is 0 Å². The van der Waals surface area contributed by atoms with E-state index < -0.39 is 34.4 Å². The van der Waals surface area contributed by atoms with Crippen molar-refractivity contribution >= 4 is 22.6 Å². The molecule has 21 heavy (non-hydrogen) atoms. The van der Waals surface area contributed by atoms with Crippen LogP contribution < -0.4 is 22.4 Å². The molecule has 0 aliphatic rings. The van der Waals surface area contributed by atoms with Crippen LogP contribution in [0.4, 0.5) is 5.82 Å². The quantitative estimate of drug-likeness (QED) is 0.651. The summed E-state index contributed by atoms with van der Waals surface area (Å²) in [5, 5.41) is 8.19. The lowest BCUT2D eigenvalue weighted by Crippen LogP contribution is -2.40. The highest BCUT2D eigenvalue weighted by Crippen LogP contribution is 2.10. The first-order valence-corrected chi connectivity index (χ1v) is 5.82. The summed E-state index contributed by atoms with van der Waals surface area (Å²) >= 11 is 0. The Labute approximate surface area is 116 Å². The van der Waals surface area contributed by atoms with E-state index in [4.69, 9.17) is 11.0 Å². The van der Waals surface area contributed by atoms with Crippen LogP contribution >= 0.6 is 0 Å². The minimum atomic E-state index is -0.891. The molecule has 0 amide bonds. The Balaban J connectivity index is 3.09. The highest BCUT2D eigenvalue weighted by atomic mass is 16.2. The second kappa shape index (κ2) is 4.75. The van der Waals surface area contributed by atoms with Gasteiger partial charge in [-0.1, -0.05) is 0 Å². The first-order valence-electron chi connectivity index (χ1n) is 5.82. The smallest absolute Gasteiger partial charge is 0.332 e. The third-order valence-corrected chi connectivity index (χ3v) is 3.16. The summed E-state index contributed by atoms with van der Waals surface area (Å²) in [5.74, 6) is -1.06. The molecule has 9 nitrogen and oxygen atoms in total. The van der Waals surface area contributed by atoms with Crippen LogP contribution in [0.5, 0.6) is 0 Å². The van der Waals surface area contributed by atoms with Gasteiger partial charge in [0.25, 0.3) is 5.56 Å². The summed E-state index contributed by atoms with van der Waals surface area (Å²) in [6.45, 7) is 0. The van der Waals surface area contributed by atoms with Crippen molar-refractivity contribution in [3.05, 3.63) is 36.6 Å². The highest BCUT2D eigenvalue weighted by Gasteiger charge is 2.21. The van der Waals surface area contributed by atoms with Crippen molar-refractivity contribution in [2.24, 2.45) is 14.1 Å². The van der Waals surface area contributed by atoms with Gasteiger partial charge < -0.3 is 10.7 Å². The molecule has 0 spiro atoms. The minimum absolute atomic E-state index is 0.0703. The van der Waals surface area contributed by atoms with Crippen LogP contribution in [0.1, 0.15) is 16.8 Å². The number of H-pyrrole nitrogens is 1. The Morgan fingerprint density at radius 1 is 1.29 bits per heavy atom. The average molecular weight is 289 g/mol. The Hall–Kier alpha value is -3.15. The molecule has 0 saturated heterocycles. The molecule has 108 valence electrons. The molecule has 0 aliphatic heterocycles. The molecule has 0 fully saturated rings. The van der Waals surface area contributed by atoms with Crippen LogP contribution in [0, 0.1) is 11.3 Å². The SMILES string of the molecule is Cn1c(=O)c2c(=O)c(C(=O)CC#N)c(N)[nH]c2n(C)c1=O. The van der Waals surface area contributed by atoms with Crippen molar-refractivity contribution in [1.29, 1.82) is 5.26 Å². The number of pyridine rings is 1. The standard InChI is InChI=1S/C12H11N5O4/c1-16-10-7(11(20)17(2)12(16)21)8(19)6(9(14)15-10)5(18)3-4-13/h3H2,1-2H3,(H3,14,15,19). The van der Waals surface area contributed by atoms with E-state index in [0.717, 1.165) is 9.13 Å². The van der Waals surface area contributed by atoms with Crippen LogP contribution in [-0.4, -0.2) is 19.9 Å². The number of nitrogens with one attached hydrogen (secondary N) is 1. The summed E-state index contributed by atoms with van der Waals surface area (Å²) < 4.78 is 1.80. The van der Waals surface area contributed by atoms with E-state index in [-0.39, 0.29) is 16.9 Å². The molecule has 0 aromatic carbocycles. The van der Waals surface area contributed by atoms with Gasteiger partial charge in [-0.05, 0) is 0 Å². The van der Waals surface area contributed by atoms with E-state index in [9.17, 15) is 19.2 Å². The van der Waals surface area contributed by atoms with Crippen molar-refractivity contribution in [3.8, 4) is 6.07 Å². The predicted octanol–water partition coefficient (Wildman–Crippen LogP) is -1.40. The number of aryl methyl sites for hydroxylation is 1. The van der Waals surface area contributed by atoms with Crippen molar-refractivity contribution in [1.82, 2.24) is 14.1 Å². The molecule has 2 aromatic heterocycles. The minimum Gasteiger partial charge on any atom is -0.384 e. The van der Waals surface area contributed by atoms with E-state index >= 15 is 0 Å². The normalized spacial score (nSPS) is 10.5. The number of Topliss-reactive ketones (excluding diaryl/α,β-unsaturated/α-hetero) is 1. The Morgan fingerprint density at radius 2 is 1.90 bits per heavy atom. The van der Waals surface area contributed by atoms with Crippen molar-refractivity contribution < 1.29 is 4.79 Å². The molecule has 0 unspecified atom stereocenters. The molecular weight excluding hydrogens is 278 g/mol. The topological polar surface area (TPSA) is 144 Å². The number of carbonyl (C=O) groups is 1. The fourth-order valence-electron chi connectivity index (χ4n) is 2.07. The van der Waals surface area contributed by atoms with Crippen LogP contribution in [0.15, 0.2) is 14.4 Å². The number of aromatic amines is 1. The largest absolute Gasteiger partial charge is 0.384 e. The first-order chi connectivity index (χ1) is 9.81. The summed E-state index contributed by atoms with van der Waals surface area (Å²) in [6.07, 6.45) is -0.537. The second-order valence-corrected chi connectivity index (χ2v) is 4.43. The number of rotatable bonds is 2. The molecule has 2 heterocycles. The van der Waals surface area contributed by atoms with Gasteiger partial charge in [0, 0.05) is 14.1 Å². The van der Waals surface area contributed by atoms with Gasteiger partial charge in [0.15, 0.2) is 5.78 Å². The lowest BCUT2D eigenvalue weighted by atomic mass is 10.1. The summed E-state index contributed by atoms with van der Waals surface area (Å²) in [7, 11) is 2.58. The van der Waals surface area contributed by atoms with Crippen LogP contribution in [0.3, 0.4) is 0 Å². The number of aromatic nitrogens is 3. The third kappa shape index (κ3) is 1.93. The van der Waals surface area contributed by atoms with Gasteiger partial charge in [-0.25, -0.2) is 4.79 Å². The van der Waals surface area contributed by atoms with Gasteiger partial charge >= 0.3 is 5.69 Å². The number of hydrogen-bond donors (Lipinski definition) is 2. The van der Waals surface area contributed by atoms with E-state index in [0.29, 0.717) is 0 Å². The zero-order chi connectivity index (χ0) is 15.9. The summed E-state index contributed by atoms with van der Waals surface area (Å²) in [6, 6.07) is 1.62. The Morgan fingerprint density at radius 3 is 2.48 bits per heavy atom. The Bertz CT molecular complexity index is 986. The fraction of sp³-hybridized carbons (Fsp3) is 0.250. The number of nitrogens with zero attached hydrogens (tertiary/aromatic N) is 3. The number of nitrogens with two attached hydrogens (primary N) is 1. The molecule has 3 N–H and O–H groups in total. The lowest BCUT2D eigenvalue weighted by Gasteiger charge is -2.10. The molecule has 2 rings (SSSR count). The van der Waals surface area contributed by atoms with Gasteiger partial charge in [-0.2, -0.15) is 5.26 Å². The van der Waals surface area contributed by atoms with Crippen molar-refractivity contribution in [2.45, 2.75) is 6.42 Å². The number of hydrogen-bond acceptors (Lipinski definition) is 6. The van der Waals surface area contributed by atoms with Gasteiger partial charge in [0.1, 0.15) is 22.4 Å². The van der Waals surface area contributed by atoms with Crippen LogP contribution in [0.25, 0.3) is 11.0 Å². The molecule has 9 heteroatoms. The maximum atomic E-state index is 12.3. The number of anilines is 1. The molecule has 0 radical (unpaired) electrons. The monoisotopic (exact) mass is 289 g/mol. The zero-order valence-electron chi connectivity index (χ0n) is 11.3. The van der Waals surface area contributed by atoms with Gasteiger partial charge in [0.05, 0.1) is 12.5 Å². The molecule has 0 aliphatic carbocycles. The molecule has 0 bridgehead atoms. The third-order valence-electron chi connectivity index (χ3n) is 3.16. The van der Waals surface area contributed by atoms with Crippen LogP contribution in [0.2, 0.25) is 0 Å². The number of nitriles is 1. The van der Waals surface area contributed by atoms with Gasteiger partial charge in [-0.3, -0.25) is 23.5 Å². The van der Waals surface area contributed by atoms with Crippen LogP contribution in [-0.2, 0) is 14.1 Å². The maximum absolute atomic E-state index is 12.3. The number of fused-ring (bicyclic) bond motifs is 1. The molecule has 0 saturated carbocycles. The highest BCUT2D eigenvalue weighted by molar-refractivity contribution is 6.03. The predicted molar refractivity (Wildman–Crippen MR) is 74.0 cm³/mol. The van der Waals surface area contributed by atoms with E-state index in [1.165, 1.54) is 14.1 Å². The van der Waals surface area contributed by atoms with E-state index in [1.54, 1.807) is 6.07 Å².